The number of nitrogens with one attached hydrogen (secondary N) is 6. The summed E-state index contributed by atoms with van der Waals surface area (Å²) in [6, 6.07) is 40.4. The molecule has 11 rings (SSSR count). The fourth-order valence-corrected chi connectivity index (χ4v) is 11.8. The van der Waals surface area contributed by atoms with Crippen LogP contribution in [-0.2, 0) is 38.4 Å². The van der Waals surface area contributed by atoms with Crippen LogP contribution >= 0.6 is 0 Å². The Morgan fingerprint density at radius 2 is 0.976 bits per heavy atom. The van der Waals surface area contributed by atoms with E-state index in [9.17, 15) is 53.1 Å². The predicted octanol–water partition coefficient (Wildman–Crippen LogP) is 3.55. The molecule has 0 spiro atoms. The van der Waals surface area contributed by atoms with Crippen molar-refractivity contribution in [3.63, 3.8) is 0 Å². The van der Waals surface area contributed by atoms with Crippen LogP contribution in [0.5, 0.6) is 5.75 Å². The van der Waals surface area contributed by atoms with Gasteiger partial charge in [0.2, 0.25) is 29.5 Å². The minimum Gasteiger partial charge on any atom is -0.483 e. The fraction of sp³-hybridized carbons (Fsp3) is 0.344. The predicted molar refractivity (Wildman–Crippen MR) is 306 cm³/mol. The van der Waals surface area contributed by atoms with Crippen molar-refractivity contribution in [3.8, 4) is 5.75 Å². The molecule has 0 unspecified atom stereocenters. The van der Waals surface area contributed by atoms with Crippen LogP contribution < -0.4 is 36.6 Å². The molecule has 8 N–H and O–H groups in total. The highest BCUT2D eigenvalue weighted by Crippen LogP contribution is 2.44. The van der Waals surface area contributed by atoms with Crippen molar-refractivity contribution < 1.29 is 62.9 Å². The highest BCUT2D eigenvalue weighted by molar-refractivity contribution is 6.03. The molecule has 2 heterocycles. The molecule has 11 atom stereocenters. The molecule has 3 saturated carbocycles. The van der Waals surface area contributed by atoms with Gasteiger partial charge >= 0.3 is 11.9 Å². The van der Waals surface area contributed by atoms with Crippen LogP contribution in [0.15, 0.2) is 145 Å². The van der Waals surface area contributed by atoms with Crippen molar-refractivity contribution in [1.29, 1.82) is 0 Å². The monoisotopic (exact) mass is 1150 g/mol. The van der Waals surface area contributed by atoms with Gasteiger partial charge in [-0.15, -0.1) is 0 Å². The van der Waals surface area contributed by atoms with Gasteiger partial charge in [0.25, 0.3) is 17.7 Å². The zero-order valence-corrected chi connectivity index (χ0v) is 46.2. The third-order valence-corrected chi connectivity index (χ3v) is 16.9. The number of carboxylic acid groups (broad SMARTS) is 2. The number of carbonyl (C=O) groups is 10. The maximum atomic E-state index is 15.0. The van der Waals surface area contributed by atoms with Gasteiger partial charge in [-0.05, 0) is 65.3 Å². The van der Waals surface area contributed by atoms with Gasteiger partial charge < -0.3 is 56.7 Å². The summed E-state index contributed by atoms with van der Waals surface area (Å²) in [4.78, 5) is 138. The largest absolute Gasteiger partial charge is 0.483 e. The molecule has 438 valence electrons. The summed E-state index contributed by atoms with van der Waals surface area (Å²) in [6.45, 7) is -2.29. The SMILES string of the molecule is O=C(O)C[C@H](NC(=O)CNC(=O)COc1cc(C(=O)N2C[C@@H](C(=O)NC3=C(c4ccccc4)C3)[C@H](C(=O)N[C@H]3C[C@@H]3c3ccccc3)C2)ccc1C(=O)N1C[C@@H](C(=O)N[C@H]2C[C@@H]2c2ccccc2)[C@H](C(=O)N[C@H]2C[C@@H]2c2ccccc2)C1)C(=O)O. The molecular weight excluding hydrogens is 1090 g/mol. The van der Waals surface area contributed by atoms with E-state index in [-0.39, 0.29) is 84.8 Å². The van der Waals surface area contributed by atoms with E-state index in [1.165, 1.54) is 28.0 Å². The summed E-state index contributed by atoms with van der Waals surface area (Å²) in [5.74, 6) is -11.9. The minimum atomic E-state index is -1.79. The Hall–Kier alpha value is -9.66. The second-order valence-corrected chi connectivity index (χ2v) is 22.8. The lowest BCUT2D eigenvalue weighted by molar-refractivity contribution is -0.147. The van der Waals surface area contributed by atoms with E-state index in [4.69, 9.17) is 9.84 Å². The standard InChI is InChI=1S/C64H64N8O13/c73-55(66-53(64(83)84)28-57(75)76)29-65-56(74)34-85-54-23-39(62(81)71-30-45(58(77)67-49-24-41(49)35-13-5-1-6-14-35)46(31-71)59(78)68-50-25-42(50)36-15-7-2-8-16-36)21-22-40(54)63(82)72-32-47(60(79)69-51-26-43(51)37-17-9-3-10-18-37)48(33-72)61(80)70-52-27-44(52)38-19-11-4-12-20-38/h1-23,41,43-49,51-53H,24-34H2,(H,65,74)(H,66,73)(H,67,77)(H,68,78)(H,69,79)(H,70,80)(H,75,76)(H,83,84)/t41-,43-,44-,45-,46-,47-,48-,49+,51+,52+,53+/m1/s1. The van der Waals surface area contributed by atoms with Gasteiger partial charge in [0.15, 0.2) is 6.61 Å². The molecule has 0 bridgehead atoms. The molecule has 85 heavy (non-hydrogen) atoms. The quantitative estimate of drug-likeness (QED) is 0.0465. The Balaban J connectivity index is 0.836. The molecule has 21 heteroatoms. The maximum absolute atomic E-state index is 15.0. The van der Waals surface area contributed by atoms with Gasteiger partial charge in [0, 0.05) is 79.7 Å². The Bertz CT molecular complexity index is 3400. The van der Waals surface area contributed by atoms with Crippen molar-refractivity contribution in [2.75, 3.05) is 39.3 Å². The average molecular weight is 1150 g/mol. The number of hydrogen-bond donors (Lipinski definition) is 8. The third-order valence-electron chi connectivity index (χ3n) is 16.9. The van der Waals surface area contributed by atoms with Crippen molar-refractivity contribution >= 4 is 64.8 Å². The molecule has 6 aliphatic rings. The molecule has 5 aromatic rings. The van der Waals surface area contributed by atoms with Crippen LogP contribution in [0, 0.1) is 23.7 Å². The normalized spacial score (nSPS) is 24.4. The maximum Gasteiger partial charge on any atom is 0.326 e. The Kier molecular flexibility index (Phi) is 16.6. The number of benzene rings is 5. The summed E-state index contributed by atoms with van der Waals surface area (Å²) in [5, 5.41) is 35.2. The third kappa shape index (κ3) is 13.6. The summed E-state index contributed by atoms with van der Waals surface area (Å²) >= 11 is 0. The topological polar surface area (TPSA) is 299 Å². The molecule has 0 aromatic heterocycles. The van der Waals surface area contributed by atoms with E-state index in [1.54, 1.807) is 0 Å². The van der Waals surface area contributed by atoms with Crippen LogP contribution in [0.2, 0.25) is 0 Å². The van der Waals surface area contributed by atoms with E-state index in [1.807, 2.05) is 127 Å². The van der Waals surface area contributed by atoms with E-state index in [0.717, 1.165) is 33.5 Å². The summed E-state index contributed by atoms with van der Waals surface area (Å²) in [5.41, 5.74) is 5.64. The van der Waals surface area contributed by atoms with Gasteiger partial charge in [-0.1, -0.05) is 121 Å². The van der Waals surface area contributed by atoms with Crippen molar-refractivity contribution in [1.82, 2.24) is 41.7 Å². The van der Waals surface area contributed by atoms with Crippen molar-refractivity contribution in [2.24, 2.45) is 23.7 Å². The lowest BCUT2D eigenvalue weighted by atomic mass is 9.94. The lowest BCUT2D eigenvalue weighted by Gasteiger charge is -2.21. The number of likely N-dealkylation sites (tertiary alicyclic amines) is 2. The fourth-order valence-electron chi connectivity index (χ4n) is 11.8. The van der Waals surface area contributed by atoms with Crippen molar-refractivity contribution in [3.05, 3.63) is 179 Å². The van der Waals surface area contributed by atoms with Crippen LogP contribution in [0.3, 0.4) is 0 Å². The molecule has 8 amide bonds. The van der Waals surface area contributed by atoms with Gasteiger partial charge in [-0.25, -0.2) is 4.79 Å². The second kappa shape index (κ2) is 24.7. The van der Waals surface area contributed by atoms with Gasteiger partial charge in [-0.3, -0.25) is 43.2 Å². The number of rotatable bonds is 23. The molecule has 4 aliphatic carbocycles. The lowest BCUT2D eigenvalue weighted by Crippen LogP contribution is -2.47. The number of carbonyl (C=O) groups excluding carboxylic acids is 8. The smallest absolute Gasteiger partial charge is 0.326 e. The van der Waals surface area contributed by atoms with Crippen LogP contribution in [-0.4, -0.2) is 143 Å². The number of hydrogen-bond acceptors (Lipinski definition) is 11. The van der Waals surface area contributed by atoms with Gasteiger partial charge in [0.1, 0.15) is 11.8 Å². The second-order valence-electron chi connectivity index (χ2n) is 22.8. The summed E-state index contributed by atoms with van der Waals surface area (Å²) < 4.78 is 6.00. The first-order valence-corrected chi connectivity index (χ1v) is 28.6. The molecule has 5 aromatic carbocycles. The number of carboxylic acids is 2. The van der Waals surface area contributed by atoms with E-state index < -0.39 is 103 Å². The highest BCUT2D eigenvalue weighted by atomic mass is 16.5. The number of aliphatic carboxylic acids is 2. The van der Waals surface area contributed by atoms with E-state index >= 15 is 0 Å². The molecule has 2 saturated heterocycles. The van der Waals surface area contributed by atoms with Crippen LogP contribution in [0.25, 0.3) is 5.57 Å². The molecule has 21 nitrogen and oxygen atoms in total. The molecule has 5 fully saturated rings. The zero-order chi connectivity index (χ0) is 59.5. The highest BCUT2D eigenvalue weighted by Gasteiger charge is 2.51. The Morgan fingerprint density at radius 3 is 1.44 bits per heavy atom. The number of nitrogens with zero attached hydrogens (tertiary/aromatic N) is 2. The Labute approximate surface area is 488 Å². The van der Waals surface area contributed by atoms with Crippen molar-refractivity contribution in [2.45, 2.75) is 74.0 Å². The van der Waals surface area contributed by atoms with E-state index in [0.29, 0.717) is 25.7 Å². The van der Waals surface area contributed by atoms with Crippen LogP contribution in [0.1, 0.15) is 92.8 Å². The van der Waals surface area contributed by atoms with Crippen LogP contribution in [0.4, 0.5) is 0 Å². The molecule has 0 radical (unpaired) electrons. The summed E-state index contributed by atoms with van der Waals surface area (Å²) in [7, 11) is 0. The minimum absolute atomic E-state index is 0.0435. The average Bonchev–Trinajstić information content (AvgIpc) is 2.77. The summed E-state index contributed by atoms with van der Waals surface area (Å²) in [6.07, 6.45) is 1.72. The first-order valence-electron chi connectivity index (χ1n) is 28.6. The van der Waals surface area contributed by atoms with E-state index in [2.05, 4.69) is 26.6 Å². The van der Waals surface area contributed by atoms with Gasteiger partial charge in [0.05, 0.1) is 42.2 Å². The number of amides is 8. The van der Waals surface area contributed by atoms with Gasteiger partial charge in [-0.2, -0.15) is 0 Å². The first kappa shape index (κ1) is 57.2. The molecule has 2 aliphatic heterocycles. The number of allylic oxidation sites excluding steroid dienone is 2. The first-order chi connectivity index (χ1) is 41.1. The molecular formula is C64H64N8O13. The zero-order valence-electron chi connectivity index (χ0n) is 46.2. The number of ether oxygens (including phenoxy) is 1. The Morgan fingerprint density at radius 1 is 0.529 bits per heavy atom.